The molecule has 0 bridgehead atoms. The Labute approximate surface area is 183 Å². The number of β-amino-alcohol motifs (C(OH)–C–C–N with tert-alkyl or cyclic N) is 1. The van der Waals surface area contributed by atoms with Crippen molar-refractivity contribution >= 4 is 50.6 Å². The highest BCUT2D eigenvalue weighted by molar-refractivity contribution is 9.10. The number of halogens is 3. The van der Waals surface area contributed by atoms with Crippen molar-refractivity contribution in [1.29, 1.82) is 0 Å². The Bertz CT molecular complexity index is 953. The molecule has 0 radical (unpaired) electrons. The summed E-state index contributed by atoms with van der Waals surface area (Å²) in [6.45, 7) is 2.41. The molecule has 1 N–H and O–H groups in total. The van der Waals surface area contributed by atoms with Gasteiger partial charge in [0.1, 0.15) is 0 Å². The first-order chi connectivity index (χ1) is 13.3. The van der Waals surface area contributed by atoms with E-state index in [0.29, 0.717) is 41.4 Å². The van der Waals surface area contributed by atoms with E-state index < -0.39 is 11.6 Å². The second-order valence-electron chi connectivity index (χ2n) is 7.47. The van der Waals surface area contributed by atoms with Crippen molar-refractivity contribution in [1.82, 2.24) is 4.90 Å². The molecule has 146 valence electrons. The maximum Gasteiger partial charge on any atom is 0.255 e. The van der Waals surface area contributed by atoms with Crippen molar-refractivity contribution in [3.05, 3.63) is 73.7 Å². The van der Waals surface area contributed by atoms with Crippen LogP contribution >= 0.6 is 39.1 Å². The minimum absolute atomic E-state index is 0.0520. The lowest BCUT2D eigenvalue weighted by Crippen LogP contribution is -2.45. The summed E-state index contributed by atoms with van der Waals surface area (Å²) in [5, 5.41) is 11.4. The monoisotopic (exact) mass is 479 g/mol. The molecule has 6 heteroatoms. The molecular weight excluding hydrogens is 461 g/mol. The zero-order chi connectivity index (χ0) is 20.1. The fraction of sp³-hybridized carbons (Fsp3) is 0.318. The summed E-state index contributed by atoms with van der Waals surface area (Å²) >= 11 is 15.9. The van der Waals surface area contributed by atoms with Gasteiger partial charge in [-0.1, -0.05) is 58.2 Å². The van der Waals surface area contributed by atoms with E-state index in [2.05, 4.69) is 35.0 Å². The largest absolute Gasteiger partial charge is 0.391 e. The number of nitrogens with zero attached hydrogens (tertiary/aromatic N) is 1. The minimum Gasteiger partial charge on any atom is -0.391 e. The second-order valence-corrected chi connectivity index (χ2v) is 9.26. The molecule has 2 aliphatic rings. The van der Waals surface area contributed by atoms with Crippen molar-refractivity contribution in [3.8, 4) is 0 Å². The van der Waals surface area contributed by atoms with Crippen LogP contribution in [0.3, 0.4) is 0 Å². The van der Waals surface area contributed by atoms with Crippen molar-refractivity contribution in [3.63, 3.8) is 0 Å². The molecule has 2 aromatic rings. The number of aliphatic hydroxyl groups excluding tert-OH is 1. The lowest BCUT2D eigenvalue weighted by atomic mass is 9.79. The molecule has 2 aliphatic heterocycles. The van der Waals surface area contributed by atoms with Crippen LogP contribution in [0.5, 0.6) is 0 Å². The van der Waals surface area contributed by atoms with Gasteiger partial charge >= 0.3 is 0 Å². The first-order valence-corrected chi connectivity index (χ1v) is 10.8. The summed E-state index contributed by atoms with van der Waals surface area (Å²) in [6.07, 6.45) is 1.40. The Morgan fingerprint density at radius 1 is 1.18 bits per heavy atom. The fourth-order valence-electron chi connectivity index (χ4n) is 4.73. The van der Waals surface area contributed by atoms with Gasteiger partial charge in [0.25, 0.3) is 5.91 Å². The number of rotatable bonds is 4. The van der Waals surface area contributed by atoms with Gasteiger partial charge in [0.15, 0.2) is 0 Å². The van der Waals surface area contributed by atoms with Crippen LogP contribution in [0.1, 0.15) is 30.9 Å². The number of carbonyl (C=O) groups excluding carboxylic acids is 1. The molecule has 28 heavy (non-hydrogen) atoms. The molecule has 1 unspecified atom stereocenters. The Hall–Kier alpha value is -1.33. The van der Waals surface area contributed by atoms with E-state index in [1.54, 1.807) is 18.2 Å². The van der Waals surface area contributed by atoms with Crippen LogP contribution in [0.2, 0.25) is 10.0 Å². The van der Waals surface area contributed by atoms with E-state index in [1.165, 1.54) is 0 Å². The molecule has 0 spiro atoms. The predicted octanol–water partition coefficient (Wildman–Crippen LogP) is 5.51. The van der Waals surface area contributed by atoms with Crippen LogP contribution in [0.25, 0.3) is 5.57 Å². The highest BCUT2D eigenvalue weighted by Gasteiger charge is 2.55. The van der Waals surface area contributed by atoms with Crippen molar-refractivity contribution in [2.24, 2.45) is 0 Å². The second kappa shape index (κ2) is 7.49. The Morgan fingerprint density at radius 2 is 1.82 bits per heavy atom. The Balaban J connectivity index is 1.87. The van der Waals surface area contributed by atoms with Crippen LogP contribution in [0, 0.1) is 0 Å². The number of carbonyl (C=O) groups is 1. The van der Waals surface area contributed by atoms with Crippen LogP contribution in [-0.4, -0.2) is 34.1 Å². The highest BCUT2D eigenvalue weighted by atomic mass is 79.9. The third-order valence-corrected chi connectivity index (χ3v) is 6.69. The van der Waals surface area contributed by atoms with Crippen molar-refractivity contribution in [2.45, 2.75) is 37.8 Å². The maximum atomic E-state index is 13.4. The van der Waals surface area contributed by atoms with Crippen LogP contribution < -0.4 is 0 Å². The van der Waals surface area contributed by atoms with Gasteiger partial charge in [0, 0.05) is 33.1 Å². The van der Waals surface area contributed by atoms with Gasteiger partial charge in [-0.3, -0.25) is 4.79 Å². The van der Waals surface area contributed by atoms with Gasteiger partial charge in [-0.2, -0.15) is 0 Å². The molecule has 0 aromatic heterocycles. The van der Waals surface area contributed by atoms with E-state index in [0.717, 1.165) is 21.2 Å². The third kappa shape index (κ3) is 3.30. The summed E-state index contributed by atoms with van der Waals surface area (Å²) < 4.78 is 1.01. The van der Waals surface area contributed by atoms with Crippen molar-refractivity contribution < 1.29 is 9.90 Å². The van der Waals surface area contributed by atoms with Crippen molar-refractivity contribution in [2.75, 3.05) is 6.54 Å². The van der Waals surface area contributed by atoms with E-state index in [-0.39, 0.29) is 5.91 Å². The summed E-state index contributed by atoms with van der Waals surface area (Å²) in [7, 11) is 0. The average molecular weight is 481 g/mol. The number of benzene rings is 2. The van der Waals surface area contributed by atoms with Gasteiger partial charge in [0.05, 0.1) is 11.6 Å². The Morgan fingerprint density at radius 3 is 2.43 bits per heavy atom. The Kier molecular flexibility index (Phi) is 5.34. The van der Waals surface area contributed by atoms with Gasteiger partial charge in [-0.15, -0.1) is 0 Å². The number of hydrogen-bond donors (Lipinski definition) is 1. The SMILES string of the molecule is CCC1=C(c2cc(Cl)cc(Cl)c2)C(=O)N2CC(O)C[C@@]12Cc1ccc(Br)cc1. The first kappa shape index (κ1) is 20.0. The number of hydrogen-bond acceptors (Lipinski definition) is 2. The molecule has 0 aliphatic carbocycles. The maximum absolute atomic E-state index is 13.4. The van der Waals surface area contributed by atoms with E-state index in [4.69, 9.17) is 23.2 Å². The molecule has 1 fully saturated rings. The smallest absolute Gasteiger partial charge is 0.255 e. The molecule has 2 aromatic carbocycles. The quantitative estimate of drug-likeness (QED) is 0.626. The number of fused-ring (bicyclic) bond motifs is 1. The van der Waals surface area contributed by atoms with E-state index in [1.807, 2.05) is 17.0 Å². The van der Waals surface area contributed by atoms with Gasteiger partial charge in [-0.05, 0) is 59.9 Å². The lowest BCUT2D eigenvalue weighted by molar-refractivity contribution is -0.126. The molecule has 1 saturated heterocycles. The van der Waals surface area contributed by atoms with Crippen LogP contribution in [0.15, 0.2) is 52.5 Å². The molecule has 0 saturated carbocycles. The van der Waals surface area contributed by atoms with E-state index in [9.17, 15) is 9.90 Å². The number of aliphatic hydroxyl groups is 1. The topological polar surface area (TPSA) is 40.5 Å². The zero-order valence-electron chi connectivity index (χ0n) is 15.4. The summed E-state index contributed by atoms with van der Waals surface area (Å²) in [6, 6.07) is 13.4. The standard InChI is InChI=1S/C22H20BrCl2NO2/c1-2-19-20(14-7-16(24)9-17(25)8-14)21(28)26-12-18(27)11-22(19,26)10-13-3-5-15(23)6-4-13/h3-9,18,27H,2,10-12H2,1H3/t18?,22-/m0/s1. The van der Waals surface area contributed by atoms with E-state index >= 15 is 0 Å². The minimum atomic E-state index is -0.523. The molecule has 1 amide bonds. The molecule has 2 heterocycles. The van der Waals surface area contributed by atoms with Gasteiger partial charge in [0.2, 0.25) is 0 Å². The van der Waals surface area contributed by atoms with Gasteiger partial charge < -0.3 is 10.0 Å². The summed E-state index contributed by atoms with van der Waals surface area (Å²) in [4.78, 5) is 15.3. The van der Waals surface area contributed by atoms with Gasteiger partial charge in [-0.25, -0.2) is 0 Å². The first-order valence-electron chi connectivity index (χ1n) is 9.28. The zero-order valence-corrected chi connectivity index (χ0v) is 18.5. The van der Waals surface area contributed by atoms with Crippen LogP contribution in [-0.2, 0) is 11.2 Å². The average Bonchev–Trinajstić information content (AvgIpc) is 3.06. The van der Waals surface area contributed by atoms with Crippen LogP contribution in [0.4, 0.5) is 0 Å². The third-order valence-electron chi connectivity index (χ3n) is 5.72. The molecule has 3 nitrogen and oxygen atoms in total. The predicted molar refractivity (Wildman–Crippen MR) is 117 cm³/mol. The lowest BCUT2D eigenvalue weighted by Gasteiger charge is -2.35. The fourth-order valence-corrected chi connectivity index (χ4v) is 5.52. The summed E-state index contributed by atoms with van der Waals surface area (Å²) in [5.74, 6) is -0.0520. The normalized spacial score (nSPS) is 24.2. The molecule has 2 atom stereocenters. The highest BCUT2D eigenvalue weighted by Crippen LogP contribution is 2.50. The number of amides is 1. The molecular formula is C22H20BrCl2NO2. The summed E-state index contributed by atoms with van der Waals surface area (Å²) in [5.41, 5.74) is 3.10. The molecule has 4 rings (SSSR count).